The van der Waals surface area contributed by atoms with E-state index in [4.69, 9.17) is 11.6 Å². The summed E-state index contributed by atoms with van der Waals surface area (Å²) < 4.78 is 0. The molecule has 0 aromatic carbocycles. The number of aryl methyl sites for hydroxylation is 1. The average molecular weight is 284 g/mol. The van der Waals surface area contributed by atoms with Gasteiger partial charge in [-0.15, -0.1) is 0 Å². The molecule has 1 unspecified atom stereocenters. The van der Waals surface area contributed by atoms with Gasteiger partial charge in [-0.25, -0.2) is 9.97 Å². The van der Waals surface area contributed by atoms with Crippen LogP contribution >= 0.6 is 11.6 Å². The summed E-state index contributed by atoms with van der Waals surface area (Å²) in [7, 11) is 0. The molecule has 1 aromatic rings. The standard InChI is InChI=1S/C14H22ClN3O/c1-2-5-13-16-12(15)10-14(17-13)18-8-4-3-6-11(18)7-9-19/h10-11,19H,2-9H2,1H3. The molecule has 1 fully saturated rings. The van der Waals surface area contributed by atoms with Crippen molar-refractivity contribution in [1.29, 1.82) is 0 Å². The van der Waals surface area contributed by atoms with Crippen LogP contribution in [0.5, 0.6) is 0 Å². The first kappa shape index (κ1) is 14.5. The number of aromatic nitrogens is 2. The number of halogens is 1. The average Bonchev–Trinajstić information content (AvgIpc) is 2.39. The lowest BCUT2D eigenvalue weighted by Crippen LogP contribution is -2.40. The highest BCUT2D eigenvalue weighted by molar-refractivity contribution is 6.29. The predicted molar refractivity (Wildman–Crippen MR) is 77.7 cm³/mol. The van der Waals surface area contributed by atoms with Crippen molar-refractivity contribution in [3.05, 3.63) is 17.0 Å². The lowest BCUT2D eigenvalue weighted by molar-refractivity contribution is 0.262. The van der Waals surface area contributed by atoms with Crippen molar-refractivity contribution in [2.75, 3.05) is 18.1 Å². The van der Waals surface area contributed by atoms with E-state index in [0.29, 0.717) is 11.2 Å². The second-order valence-corrected chi connectivity index (χ2v) is 5.46. The highest BCUT2D eigenvalue weighted by atomic mass is 35.5. The Morgan fingerprint density at radius 1 is 1.42 bits per heavy atom. The van der Waals surface area contributed by atoms with Crippen molar-refractivity contribution in [3.63, 3.8) is 0 Å². The van der Waals surface area contributed by atoms with E-state index in [0.717, 1.165) is 43.9 Å². The number of nitrogens with zero attached hydrogens (tertiary/aromatic N) is 3. The van der Waals surface area contributed by atoms with Gasteiger partial charge in [0.1, 0.15) is 16.8 Å². The van der Waals surface area contributed by atoms with Gasteiger partial charge < -0.3 is 10.0 Å². The van der Waals surface area contributed by atoms with Crippen molar-refractivity contribution in [1.82, 2.24) is 9.97 Å². The van der Waals surface area contributed by atoms with Crippen LogP contribution in [0.1, 0.15) is 44.9 Å². The van der Waals surface area contributed by atoms with Crippen LogP contribution in [0.25, 0.3) is 0 Å². The predicted octanol–water partition coefficient (Wildman–Crippen LogP) is 2.82. The molecule has 5 heteroatoms. The Balaban J connectivity index is 2.22. The minimum atomic E-state index is 0.224. The molecule has 0 spiro atoms. The third-order valence-electron chi connectivity index (χ3n) is 3.59. The Bertz CT molecular complexity index is 412. The van der Waals surface area contributed by atoms with Crippen molar-refractivity contribution in [3.8, 4) is 0 Å². The maximum atomic E-state index is 9.19. The molecule has 19 heavy (non-hydrogen) atoms. The summed E-state index contributed by atoms with van der Waals surface area (Å²) in [5.74, 6) is 1.74. The fourth-order valence-electron chi connectivity index (χ4n) is 2.69. The molecule has 1 N–H and O–H groups in total. The van der Waals surface area contributed by atoms with E-state index in [-0.39, 0.29) is 6.61 Å². The van der Waals surface area contributed by atoms with Crippen molar-refractivity contribution < 1.29 is 5.11 Å². The number of aliphatic hydroxyl groups is 1. The minimum Gasteiger partial charge on any atom is -0.396 e. The maximum Gasteiger partial charge on any atom is 0.134 e. The third kappa shape index (κ3) is 3.80. The Morgan fingerprint density at radius 3 is 3.00 bits per heavy atom. The van der Waals surface area contributed by atoms with Crippen molar-refractivity contribution in [2.24, 2.45) is 0 Å². The van der Waals surface area contributed by atoms with Crippen LogP contribution < -0.4 is 4.90 Å². The second-order valence-electron chi connectivity index (χ2n) is 5.07. The Hall–Kier alpha value is -0.870. The molecule has 0 aliphatic carbocycles. The van der Waals surface area contributed by atoms with Gasteiger partial charge in [-0.2, -0.15) is 0 Å². The molecule has 1 aromatic heterocycles. The van der Waals surface area contributed by atoms with Crippen molar-refractivity contribution in [2.45, 2.75) is 51.5 Å². The number of anilines is 1. The Morgan fingerprint density at radius 2 is 2.26 bits per heavy atom. The highest BCUT2D eigenvalue weighted by Crippen LogP contribution is 2.26. The molecule has 106 valence electrons. The summed E-state index contributed by atoms with van der Waals surface area (Å²) in [6.07, 6.45) is 6.18. The topological polar surface area (TPSA) is 49.2 Å². The minimum absolute atomic E-state index is 0.224. The molecule has 0 saturated carbocycles. The molecule has 1 saturated heterocycles. The van der Waals surface area contributed by atoms with Crippen molar-refractivity contribution >= 4 is 17.4 Å². The lowest BCUT2D eigenvalue weighted by Gasteiger charge is -2.36. The van der Waals surface area contributed by atoms with Gasteiger partial charge >= 0.3 is 0 Å². The zero-order chi connectivity index (χ0) is 13.7. The SMILES string of the molecule is CCCc1nc(Cl)cc(N2CCCCC2CCO)n1. The smallest absolute Gasteiger partial charge is 0.134 e. The number of rotatable bonds is 5. The molecule has 1 aliphatic heterocycles. The van der Waals surface area contributed by atoms with E-state index in [1.807, 2.05) is 6.07 Å². The van der Waals surface area contributed by atoms with Gasteiger partial charge in [0.25, 0.3) is 0 Å². The number of piperidine rings is 1. The highest BCUT2D eigenvalue weighted by Gasteiger charge is 2.23. The van der Waals surface area contributed by atoms with Gasteiger partial charge in [-0.05, 0) is 32.1 Å². The van der Waals surface area contributed by atoms with Gasteiger partial charge in [0.15, 0.2) is 0 Å². The summed E-state index contributed by atoms with van der Waals surface area (Å²) >= 11 is 6.10. The first-order valence-electron chi connectivity index (χ1n) is 7.15. The van der Waals surface area contributed by atoms with Gasteiger partial charge in [0, 0.05) is 31.7 Å². The van der Waals surface area contributed by atoms with E-state index < -0.39 is 0 Å². The zero-order valence-electron chi connectivity index (χ0n) is 11.5. The van der Waals surface area contributed by atoms with Crippen LogP contribution in [0.4, 0.5) is 5.82 Å². The van der Waals surface area contributed by atoms with Crippen LogP contribution in [0.2, 0.25) is 5.15 Å². The maximum absolute atomic E-state index is 9.19. The van der Waals surface area contributed by atoms with Crippen LogP contribution in [0, 0.1) is 0 Å². The summed E-state index contributed by atoms with van der Waals surface area (Å²) in [5.41, 5.74) is 0. The van der Waals surface area contributed by atoms with Crippen LogP contribution in [-0.4, -0.2) is 34.3 Å². The van der Waals surface area contributed by atoms with E-state index >= 15 is 0 Å². The van der Waals surface area contributed by atoms with Crippen LogP contribution in [0.3, 0.4) is 0 Å². The molecule has 2 heterocycles. The molecule has 0 radical (unpaired) electrons. The summed E-state index contributed by atoms with van der Waals surface area (Å²) in [4.78, 5) is 11.2. The summed E-state index contributed by atoms with van der Waals surface area (Å²) in [5, 5.41) is 9.71. The monoisotopic (exact) mass is 283 g/mol. The molecular formula is C14H22ClN3O. The van der Waals surface area contributed by atoms with Gasteiger partial charge in [0.05, 0.1) is 0 Å². The molecule has 2 rings (SSSR count). The van der Waals surface area contributed by atoms with Gasteiger partial charge in [0.2, 0.25) is 0 Å². The van der Waals surface area contributed by atoms with E-state index in [1.165, 1.54) is 12.8 Å². The molecular weight excluding hydrogens is 262 g/mol. The Labute approximate surface area is 119 Å². The summed E-state index contributed by atoms with van der Waals surface area (Å²) in [6, 6.07) is 2.22. The third-order valence-corrected chi connectivity index (χ3v) is 3.78. The molecule has 1 atom stereocenters. The summed E-state index contributed by atoms with van der Waals surface area (Å²) in [6.45, 7) is 3.32. The fraction of sp³-hybridized carbons (Fsp3) is 0.714. The number of hydrogen-bond donors (Lipinski definition) is 1. The quantitative estimate of drug-likeness (QED) is 0.844. The Kier molecular flexibility index (Phi) is 5.40. The van der Waals surface area contributed by atoms with Gasteiger partial charge in [-0.3, -0.25) is 0 Å². The van der Waals surface area contributed by atoms with Crippen LogP contribution in [0.15, 0.2) is 6.07 Å². The molecule has 4 nitrogen and oxygen atoms in total. The first-order valence-corrected chi connectivity index (χ1v) is 7.53. The second kappa shape index (κ2) is 7.06. The lowest BCUT2D eigenvalue weighted by atomic mass is 10.00. The van der Waals surface area contributed by atoms with E-state index in [1.54, 1.807) is 0 Å². The molecule has 0 bridgehead atoms. The number of aliphatic hydroxyl groups excluding tert-OH is 1. The number of hydrogen-bond acceptors (Lipinski definition) is 4. The van der Waals surface area contributed by atoms with Gasteiger partial charge in [-0.1, -0.05) is 18.5 Å². The molecule has 1 aliphatic rings. The largest absolute Gasteiger partial charge is 0.396 e. The zero-order valence-corrected chi connectivity index (χ0v) is 12.2. The van der Waals surface area contributed by atoms with E-state index in [2.05, 4.69) is 21.8 Å². The fourth-order valence-corrected chi connectivity index (χ4v) is 2.88. The molecule has 0 amide bonds. The first-order chi connectivity index (χ1) is 9.24. The normalized spacial score (nSPS) is 19.7. The van der Waals surface area contributed by atoms with E-state index in [9.17, 15) is 5.11 Å². The van der Waals surface area contributed by atoms with Crippen LogP contribution in [-0.2, 0) is 6.42 Å².